The lowest BCUT2D eigenvalue weighted by Gasteiger charge is -2.35. The summed E-state index contributed by atoms with van der Waals surface area (Å²) >= 11 is 0. The average Bonchev–Trinajstić information content (AvgIpc) is 2.73. The van der Waals surface area contributed by atoms with Gasteiger partial charge in [-0.1, -0.05) is 35.9 Å². The van der Waals surface area contributed by atoms with E-state index < -0.39 is 22.0 Å². The minimum absolute atomic E-state index is 0.121. The second-order valence-electron chi connectivity index (χ2n) is 7.79. The van der Waals surface area contributed by atoms with Gasteiger partial charge < -0.3 is 10.1 Å². The third-order valence-corrected chi connectivity index (χ3v) is 6.96. The van der Waals surface area contributed by atoms with Gasteiger partial charge in [-0.2, -0.15) is 0 Å². The van der Waals surface area contributed by atoms with E-state index in [0.29, 0.717) is 17.1 Å². The number of rotatable bonds is 4. The number of nitrogens with one attached hydrogen (secondary N) is 1. The van der Waals surface area contributed by atoms with E-state index in [1.54, 1.807) is 42.5 Å². The highest BCUT2D eigenvalue weighted by atomic mass is 32.2. The molecule has 0 aromatic heterocycles. The Hall–Kier alpha value is -3.32. The number of aryl methyl sites for hydroxylation is 3. The Balaban J connectivity index is 1.70. The van der Waals surface area contributed by atoms with E-state index in [1.165, 1.54) is 4.31 Å². The number of nitrogens with zero attached hydrogens (tertiary/aromatic N) is 1. The molecule has 160 valence electrons. The van der Waals surface area contributed by atoms with Gasteiger partial charge in [-0.25, -0.2) is 8.42 Å². The zero-order chi connectivity index (χ0) is 22.2. The van der Waals surface area contributed by atoms with E-state index in [9.17, 15) is 13.2 Å². The number of benzene rings is 3. The summed E-state index contributed by atoms with van der Waals surface area (Å²) in [5.41, 5.74) is 3.94. The summed E-state index contributed by atoms with van der Waals surface area (Å²) in [6.45, 7) is 5.59. The SMILES string of the molecule is Cc1ccc(S(=O)(=O)N2C[C@@H](C(=O)Nc3cccc(C)c3)Oc3ccc(C)cc32)cc1. The van der Waals surface area contributed by atoms with Crippen LogP contribution in [0, 0.1) is 20.8 Å². The molecule has 1 aliphatic heterocycles. The molecule has 0 spiro atoms. The van der Waals surface area contributed by atoms with Gasteiger partial charge in [0.2, 0.25) is 0 Å². The van der Waals surface area contributed by atoms with Crippen molar-refractivity contribution in [2.75, 3.05) is 16.2 Å². The van der Waals surface area contributed by atoms with Gasteiger partial charge in [0.25, 0.3) is 15.9 Å². The van der Waals surface area contributed by atoms with E-state index >= 15 is 0 Å². The summed E-state index contributed by atoms with van der Waals surface area (Å²) in [4.78, 5) is 13.1. The molecular weight excluding hydrogens is 412 g/mol. The van der Waals surface area contributed by atoms with Crippen molar-refractivity contribution in [2.45, 2.75) is 31.8 Å². The lowest BCUT2D eigenvalue weighted by Crippen LogP contribution is -2.48. The number of hydrogen-bond acceptors (Lipinski definition) is 4. The monoisotopic (exact) mass is 436 g/mol. The van der Waals surface area contributed by atoms with Gasteiger partial charge in [0, 0.05) is 5.69 Å². The summed E-state index contributed by atoms with van der Waals surface area (Å²) in [6.07, 6.45) is -0.990. The molecule has 1 atom stereocenters. The van der Waals surface area contributed by atoms with E-state index in [1.807, 2.05) is 45.0 Å². The number of ether oxygens (including phenoxy) is 1. The first-order chi connectivity index (χ1) is 14.7. The molecule has 0 fully saturated rings. The molecule has 3 aromatic carbocycles. The van der Waals surface area contributed by atoms with Crippen LogP contribution in [0.4, 0.5) is 11.4 Å². The first-order valence-electron chi connectivity index (χ1n) is 9.98. The molecule has 7 heteroatoms. The largest absolute Gasteiger partial charge is 0.476 e. The van der Waals surface area contributed by atoms with Crippen molar-refractivity contribution >= 4 is 27.3 Å². The minimum atomic E-state index is -3.88. The Bertz CT molecular complexity index is 1240. The fourth-order valence-electron chi connectivity index (χ4n) is 3.51. The Labute approximate surface area is 182 Å². The standard InChI is InChI=1S/C24H24N2O4S/c1-16-7-10-20(11-8-16)31(28,29)26-15-23(30-22-12-9-18(3)14-21(22)26)24(27)25-19-6-4-5-17(2)13-19/h4-14,23H,15H2,1-3H3,(H,25,27)/t23-/m0/s1. The minimum Gasteiger partial charge on any atom is -0.476 e. The topological polar surface area (TPSA) is 75.7 Å². The van der Waals surface area contributed by atoms with Crippen molar-refractivity contribution in [1.29, 1.82) is 0 Å². The van der Waals surface area contributed by atoms with Gasteiger partial charge in [-0.05, 0) is 68.3 Å². The zero-order valence-corrected chi connectivity index (χ0v) is 18.4. The van der Waals surface area contributed by atoms with Crippen LogP contribution in [0.15, 0.2) is 71.6 Å². The van der Waals surface area contributed by atoms with Crippen LogP contribution < -0.4 is 14.4 Å². The maximum absolute atomic E-state index is 13.5. The molecule has 0 saturated carbocycles. The Morgan fingerprint density at radius 2 is 1.61 bits per heavy atom. The van der Waals surface area contributed by atoms with Gasteiger partial charge in [-0.15, -0.1) is 0 Å². The summed E-state index contributed by atoms with van der Waals surface area (Å²) in [5, 5.41) is 2.83. The predicted molar refractivity (Wildman–Crippen MR) is 121 cm³/mol. The number of fused-ring (bicyclic) bond motifs is 1. The molecule has 0 bridgehead atoms. The van der Waals surface area contributed by atoms with Gasteiger partial charge in [0.15, 0.2) is 6.10 Å². The maximum atomic E-state index is 13.5. The molecule has 0 radical (unpaired) electrons. The number of anilines is 2. The summed E-state index contributed by atoms with van der Waals surface area (Å²) < 4.78 is 34.1. The van der Waals surface area contributed by atoms with Crippen LogP contribution in [0.5, 0.6) is 5.75 Å². The molecule has 1 N–H and O–H groups in total. The molecular formula is C24H24N2O4S. The van der Waals surface area contributed by atoms with Crippen LogP contribution in [0.25, 0.3) is 0 Å². The fourth-order valence-corrected chi connectivity index (χ4v) is 4.98. The lowest BCUT2D eigenvalue weighted by atomic mass is 10.1. The normalized spacial score (nSPS) is 15.7. The van der Waals surface area contributed by atoms with Gasteiger partial charge in [0.1, 0.15) is 5.75 Å². The van der Waals surface area contributed by atoms with Gasteiger partial charge >= 0.3 is 0 Å². The summed E-state index contributed by atoms with van der Waals surface area (Å²) in [7, 11) is -3.88. The highest BCUT2D eigenvalue weighted by Gasteiger charge is 2.37. The molecule has 4 rings (SSSR count). The molecule has 1 heterocycles. The molecule has 0 saturated heterocycles. The second-order valence-corrected chi connectivity index (χ2v) is 9.65. The van der Waals surface area contributed by atoms with E-state index in [-0.39, 0.29) is 11.4 Å². The van der Waals surface area contributed by atoms with Crippen molar-refractivity contribution in [2.24, 2.45) is 0 Å². The molecule has 3 aromatic rings. The van der Waals surface area contributed by atoms with E-state index in [0.717, 1.165) is 16.7 Å². The third-order valence-electron chi connectivity index (χ3n) is 5.17. The Morgan fingerprint density at radius 3 is 2.32 bits per heavy atom. The second kappa shape index (κ2) is 8.07. The van der Waals surface area contributed by atoms with Crippen molar-refractivity contribution in [3.63, 3.8) is 0 Å². The highest BCUT2D eigenvalue weighted by Crippen LogP contribution is 2.38. The fraction of sp³-hybridized carbons (Fsp3) is 0.208. The smallest absolute Gasteiger partial charge is 0.267 e. The molecule has 0 aliphatic carbocycles. The molecule has 1 amide bonds. The predicted octanol–water partition coefficient (Wildman–Crippen LogP) is 4.21. The molecule has 31 heavy (non-hydrogen) atoms. The van der Waals surface area contributed by atoms with Crippen molar-refractivity contribution in [3.8, 4) is 5.75 Å². The maximum Gasteiger partial charge on any atom is 0.267 e. The summed E-state index contributed by atoms with van der Waals surface area (Å²) in [6, 6.07) is 19.4. The summed E-state index contributed by atoms with van der Waals surface area (Å²) in [5.74, 6) is -0.0436. The quantitative estimate of drug-likeness (QED) is 0.665. The number of amides is 1. The average molecular weight is 437 g/mol. The number of carbonyl (C=O) groups excluding carboxylic acids is 1. The highest BCUT2D eigenvalue weighted by molar-refractivity contribution is 7.92. The zero-order valence-electron chi connectivity index (χ0n) is 17.6. The van der Waals surface area contributed by atoms with Crippen LogP contribution in [0.1, 0.15) is 16.7 Å². The van der Waals surface area contributed by atoms with Crippen LogP contribution in [-0.2, 0) is 14.8 Å². The lowest BCUT2D eigenvalue weighted by molar-refractivity contribution is -0.122. The molecule has 1 aliphatic rings. The Morgan fingerprint density at radius 1 is 0.935 bits per heavy atom. The molecule has 6 nitrogen and oxygen atoms in total. The molecule has 0 unspecified atom stereocenters. The Kier molecular flexibility index (Phi) is 5.45. The number of hydrogen-bond donors (Lipinski definition) is 1. The van der Waals surface area contributed by atoms with Crippen molar-refractivity contribution in [1.82, 2.24) is 0 Å². The van der Waals surface area contributed by atoms with E-state index in [4.69, 9.17) is 4.74 Å². The van der Waals surface area contributed by atoms with Crippen LogP contribution in [0.2, 0.25) is 0 Å². The third kappa shape index (κ3) is 4.27. The van der Waals surface area contributed by atoms with E-state index in [2.05, 4.69) is 5.32 Å². The van der Waals surface area contributed by atoms with Crippen LogP contribution in [0.3, 0.4) is 0 Å². The van der Waals surface area contributed by atoms with Crippen molar-refractivity contribution < 1.29 is 17.9 Å². The van der Waals surface area contributed by atoms with Crippen LogP contribution >= 0.6 is 0 Å². The number of carbonyl (C=O) groups is 1. The first-order valence-corrected chi connectivity index (χ1v) is 11.4. The van der Waals surface area contributed by atoms with Gasteiger partial charge in [0.05, 0.1) is 17.1 Å². The number of sulfonamides is 1. The van der Waals surface area contributed by atoms with Crippen LogP contribution in [-0.4, -0.2) is 27.0 Å². The van der Waals surface area contributed by atoms with Crippen molar-refractivity contribution in [3.05, 3.63) is 83.4 Å². The first kappa shape index (κ1) is 20.9. The van der Waals surface area contributed by atoms with Gasteiger partial charge in [-0.3, -0.25) is 9.10 Å².